The maximum atomic E-state index is 13.0. The second kappa shape index (κ2) is 69.1. The smallest absolute Gasteiger partial charge is 0.306 e. The van der Waals surface area contributed by atoms with Crippen LogP contribution in [0.1, 0.15) is 355 Å². The van der Waals surface area contributed by atoms with Gasteiger partial charge in [-0.3, -0.25) is 14.4 Å². The van der Waals surface area contributed by atoms with Crippen molar-refractivity contribution >= 4 is 17.9 Å². The van der Waals surface area contributed by atoms with Gasteiger partial charge in [-0.2, -0.15) is 0 Å². The van der Waals surface area contributed by atoms with E-state index in [0.717, 1.165) is 96.3 Å². The molecule has 1 unspecified atom stereocenters. The van der Waals surface area contributed by atoms with E-state index in [2.05, 4.69) is 106 Å². The Labute approximate surface area is 503 Å². The number of hydrogen-bond acceptors (Lipinski definition) is 6. The van der Waals surface area contributed by atoms with Gasteiger partial charge in [0.15, 0.2) is 6.10 Å². The minimum Gasteiger partial charge on any atom is -0.462 e. The molecular formula is C75H132O6. The van der Waals surface area contributed by atoms with Crippen LogP contribution in [0.3, 0.4) is 0 Å². The molecule has 0 aliphatic heterocycles. The summed E-state index contributed by atoms with van der Waals surface area (Å²) in [5.74, 6) is -0.875. The Morgan fingerprint density at radius 1 is 0.259 bits per heavy atom. The third-order valence-corrected chi connectivity index (χ3v) is 15.4. The topological polar surface area (TPSA) is 78.9 Å². The minimum absolute atomic E-state index is 0.0783. The van der Waals surface area contributed by atoms with Crippen LogP contribution >= 0.6 is 0 Å². The van der Waals surface area contributed by atoms with Gasteiger partial charge < -0.3 is 14.2 Å². The first-order valence-electron chi connectivity index (χ1n) is 35.1. The van der Waals surface area contributed by atoms with Gasteiger partial charge in [0.1, 0.15) is 13.2 Å². The molecule has 0 heterocycles. The van der Waals surface area contributed by atoms with Gasteiger partial charge in [0.05, 0.1) is 0 Å². The Morgan fingerprint density at radius 2 is 0.481 bits per heavy atom. The summed E-state index contributed by atoms with van der Waals surface area (Å²) in [6.45, 7) is 6.54. The third-order valence-electron chi connectivity index (χ3n) is 15.4. The molecule has 0 aliphatic carbocycles. The van der Waals surface area contributed by atoms with E-state index in [1.807, 2.05) is 0 Å². The van der Waals surface area contributed by atoms with E-state index in [-0.39, 0.29) is 31.1 Å². The summed E-state index contributed by atoms with van der Waals surface area (Å²) >= 11 is 0. The summed E-state index contributed by atoms with van der Waals surface area (Å²) in [7, 11) is 0. The molecule has 0 radical (unpaired) electrons. The highest BCUT2D eigenvalue weighted by Crippen LogP contribution is 2.17. The average Bonchev–Trinajstić information content (AvgIpc) is 3.46. The van der Waals surface area contributed by atoms with Gasteiger partial charge in [0.2, 0.25) is 0 Å². The van der Waals surface area contributed by atoms with E-state index in [9.17, 15) is 14.4 Å². The van der Waals surface area contributed by atoms with Crippen LogP contribution in [0.15, 0.2) is 85.1 Å². The molecule has 0 N–H and O–H groups in total. The van der Waals surface area contributed by atoms with Crippen LogP contribution in [0.25, 0.3) is 0 Å². The van der Waals surface area contributed by atoms with Crippen LogP contribution in [-0.4, -0.2) is 37.2 Å². The summed E-state index contributed by atoms with van der Waals surface area (Å²) in [5, 5.41) is 0. The van der Waals surface area contributed by atoms with Crippen molar-refractivity contribution in [1.82, 2.24) is 0 Å². The van der Waals surface area contributed by atoms with Crippen LogP contribution in [-0.2, 0) is 28.6 Å². The lowest BCUT2D eigenvalue weighted by atomic mass is 10.0. The first kappa shape index (κ1) is 77.6. The fraction of sp³-hybridized carbons (Fsp3) is 0.773. The number of unbranched alkanes of at least 4 members (excludes halogenated alkanes) is 39. The SMILES string of the molecule is CC/C=C\C/C=C\C/C=C\C/C=C\CCCCCCCCCCCCC(=O)OC(COC(=O)CCCCCCC/C=C\CCCCCC)COC(=O)CCCCCCCCCCCCCCCCC/C=C\C/C=C\CCCCCCC. The first-order chi connectivity index (χ1) is 40.0. The number of rotatable bonds is 64. The van der Waals surface area contributed by atoms with Crippen molar-refractivity contribution in [1.29, 1.82) is 0 Å². The normalized spacial score (nSPS) is 12.6. The van der Waals surface area contributed by atoms with E-state index < -0.39 is 6.10 Å². The Morgan fingerprint density at radius 3 is 0.778 bits per heavy atom. The van der Waals surface area contributed by atoms with E-state index >= 15 is 0 Å². The highest BCUT2D eigenvalue weighted by atomic mass is 16.6. The Kier molecular flexibility index (Phi) is 66.2. The van der Waals surface area contributed by atoms with E-state index in [4.69, 9.17) is 14.2 Å². The second-order valence-corrected chi connectivity index (χ2v) is 23.4. The lowest BCUT2D eigenvalue weighted by Gasteiger charge is -2.18. The molecule has 0 fully saturated rings. The molecule has 0 bridgehead atoms. The largest absolute Gasteiger partial charge is 0.462 e. The molecular weight excluding hydrogens is 997 g/mol. The molecule has 1 atom stereocenters. The fourth-order valence-electron chi connectivity index (χ4n) is 10.1. The monoisotopic (exact) mass is 1130 g/mol. The number of allylic oxidation sites excluding steroid dienone is 14. The van der Waals surface area contributed by atoms with Crippen molar-refractivity contribution in [3.05, 3.63) is 85.1 Å². The van der Waals surface area contributed by atoms with Gasteiger partial charge in [-0.25, -0.2) is 0 Å². The van der Waals surface area contributed by atoms with Crippen LogP contribution in [0.4, 0.5) is 0 Å². The summed E-state index contributed by atoms with van der Waals surface area (Å²) in [6.07, 6.45) is 91.8. The number of ether oxygens (including phenoxy) is 3. The number of carbonyl (C=O) groups excluding carboxylic acids is 3. The number of esters is 3. The predicted octanol–water partition coefficient (Wildman–Crippen LogP) is 24.2. The molecule has 6 nitrogen and oxygen atoms in total. The highest BCUT2D eigenvalue weighted by Gasteiger charge is 2.19. The maximum Gasteiger partial charge on any atom is 0.306 e. The van der Waals surface area contributed by atoms with Crippen LogP contribution in [0, 0.1) is 0 Å². The van der Waals surface area contributed by atoms with Crippen LogP contribution < -0.4 is 0 Å². The molecule has 0 aliphatic rings. The Bertz CT molecular complexity index is 1530. The zero-order chi connectivity index (χ0) is 58.5. The zero-order valence-electron chi connectivity index (χ0n) is 53.8. The maximum absolute atomic E-state index is 13.0. The lowest BCUT2D eigenvalue weighted by Crippen LogP contribution is -2.30. The van der Waals surface area contributed by atoms with Crippen LogP contribution in [0.5, 0.6) is 0 Å². The van der Waals surface area contributed by atoms with Crippen molar-refractivity contribution in [3.8, 4) is 0 Å². The molecule has 0 aromatic heterocycles. The molecule has 0 saturated heterocycles. The van der Waals surface area contributed by atoms with E-state index in [0.29, 0.717) is 19.3 Å². The van der Waals surface area contributed by atoms with Gasteiger partial charge in [-0.15, -0.1) is 0 Å². The van der Waals surface area contributed by atoms with Gasteiger partial charge >= 0.3 is 17.9 Å². The summed E-state index contributed by atoms with van der Waals surface area (Å²) in [5.41, 5.74) is 0. The van der Waals surface area contributed by atoms with Crippen molar-refractivity contribution < 1.29 is 28.6 Å². The molecule has 0 aromatic carbocycles. The van der Waals surface area contributed by atoms with Gasteiger partial charge in [0.25, 0.3) is 0 Å². The van der Waals surface area contributed by atoms with Gasteiger partial charge in [0, 0.05) is 19.3 Å². The number of hydrogen-bond donors (Lipinski definition) is 0. The predicted molar refractivity (Wildman–Crippen MR) is 353 cm³/mol. The molecule has 0 aromatic rings. The molecule has 0 rings (SSSR count). The lowest BCUT2D eigenvalue weighted by molar-refractivity contribution is -0.167. The highest BCUT2D eigenvalue weighted by molar-refractivity contribution is 5.71. The first-order valence-corrected chi connectivity index (χ1v) is 35.1. The summed E-state index contributed by atoms with van der Waals surface area (Å²) in [4.78, 5) is 38.4. The quantitative estimate of drug-likeness (QED) is 0.0261. The summed E-state index contributed by atoms with van der Waals surface area (Å²) < 4.78 is 17.0. The van der Waals surface area contributed by atoms with Crippen molar-refractivity contribution in [3.63, 3.8) is 0 Å². The van der Waals surface area contributed by atoms with E-state index in [1.165, 1.54) is 218 Å². The minimum atomic E-state index is -0.783. The summed E-state index contributed by atoms with van der Waals surface area (Å²) in [6, 6.07) is 0. The van der Waals surface area contributed by atoms with Gasteiger partial charge in [-0.05, 0) is 116 Å². The van der Waals surface area contributed by atoms with Crippen molar-refractivity contribution in [2.75, 3.05) is 13.2 Å². The zero-order valence-corrected chi connectivity index (χ0v) is 53.8. The Hall–Kier alpha value is -3.41. The van der Waals surface area contributed by atoms with Crippen molar-refractivity contribution in [2.45, 2.75) is 361 Å². The van der Waals surface area contributed by atoms with E-state index in [1.54, 1.807) is 0 Å². The third kappa shape index (κ3) is 67.3. The molecule has 6 heteroatoms. The molecule has 468 valence electrons. The van der Waals surface area contributed by atoms with Gasteiger partial charge in [-0.1, -0.05) is 305 Å². The molecule has 0 saturated carbocycles. The molecule has 0 spiro atoms. The fourth-order valence-corrected chi connectivity index (χ4v) is 10.1. The second-order valence-electron chi connectivity index (χ2n) is 23.4. The van der Waals surface area contributed by atoms with Crippen molar-refractivity contribution in [2.24, 2.45) is 0 Å². The molecule has 0 amide bonds. The molecule has 81 heavy (non-hydrogen) atoms. The standard InChI is InChI=1S/C75H132O6/c1-4-7-10-13-16-19-22-25-27-29-31-33-35-36-37-38-40-41-43-45-47-50-53-56-59-62-65-68-74(77)80-71-72(70-79-73(76)67-64-61-58-55-52-49-24-21-18-15-12-9-6-3)81-75(78)69-66-63-60-57-54-51-48-46-44-42-39-34-32-30-28-26-23-20-17-14-11-8-5-2/h8,11,17,20-22,24-26,28-29,31-32,34,72H,4-7,9-10,12-16,18-19,23,27,30,33,35-71H2,1-3H3/b11-8-,20-17-,24-21-,25-22-,28-26-,31-29-,34-32-. The Balaban J connectivity index is 4.27. The average molecular weight is 1130 g/mol. The van der Waals surface area contributed by atoms with Crippen LogP contribution in [0.2, 0.25) is 0 Å². The number of carbonyl (C=O) groups is 3.